The molecule has 3 rings (SSSR count). The van der Waals surface area contributed by atoms with Gasteiger partial charge in [-0.05, 0) is 24.6 Å². The number of morpholine rings is 1. The number of rotatable bonds is 2. The SMILES string of the molecule is Cc1cc(C(=O)N2CCO[C@H](C(=O)O)C2)nc2ccccc12. The van der Waals surface area contributed by atoms with Gasteiger partial charge in [0.25, 0.3) is 5.91 Å². The van der Waals surface area contributed by atoms with Crippen LogP contribution in [0.1, 0.15) is 16.1 Å². The predicted molar refractivity (Wildman–Crippen MR) is 79.8 cm³/mol. The monoisotopic (exact) mass is 300 g/mol. The third-order valence-electron chi connectivity index (χ3n) is 3.77. The van der Waals surface area contributed by atoms with Crippen LogP contribution in [0, 0.1) is 6.92 Å². The first-order valence-electron chi connectivity index (χ1n) is 7.06. The standard InChI is InChI=1S/C16H16N2O4/c1-10-8-13(17-12-5-3-2-4-11(10)12)15(19)18-6-7-22-14(9-18)16(20)21/h2-5,8,14H,6-7,9H2,1H3,(H,20,21)/t14-/m0/s1. The van der Waals surface area contributed by atoms with Crippen molar-refractivity contribution in [2.24, 2.45) is 0 Å². The molecule has 1 atom stereocenters. The zero-order valence-corrected chi connectivity index (χ0v) is 12.2. The fourth-order valence-corrected chi connectivity index (χ4v) is 2.60. The Balaban J connectivity index is 1.90. The smallest absolute Gasteiger partial charge is 0.334 e. The van der Waals surface area contributed by atoms with Crippen LogP contribution in [-0.4, -0.2) is 52.7 Å². The lowest BCUT2D eigenvalue weighted by atomic mass is 10.1. The van der Waals surface area contributed by atoms with Gasteiger partial charge in [0.05, 0.1) is 18.7 Å². The second-order valence-corrected chi connectivity index (χ2v) is 5.29. The molecule has 1 aromatic heterocycles. The van der Waals surface area contributed by atoms with E-state index in [9.17, 15) is 9.59 Å². The van der Waals surface area contributed by atoms with Crippen molar-refractivity contribution in [3.8, 4) is 0 Å². The quantitative estimate of drug-likeness (QED) is 0.908. The van der Waals surface area contributed by atoms with Gasteiger partial charge in [0, 0.05) is 11.9 Å². The normalized spacial score (nSPS) is 18.4. The first kappa shape index (κ1) is 14.5. The number of hydrogen-bond donors (Lipinski definition) is 1. The number of carbonyl (C=O) groups is 2. The lowest BCUT2D eigenvalue weighted by Crippen LogP contribution is -2.48. The second-order valence-electron chi connectivity index (χ2n) is 5.29. The van der Waals surface area contributed by atoms with Crippen molar-refractivity contribution < 1.29 is 19.4 Å². The van der Waals surface area contributed by atoms with Crippen molar-refractivity contribution in [3.63, 3.8) is 0 Å². The lowest BCUT2D eigenvalue weighted by Gasteiger charge is -2.30. The lowest BCUT2D eigenvalue weighted by molar-refractivity contribution is -0.154. The summed E-state index contributed by atoms with van der Waals surface area (Å²) in [6, 6.07) is 9.37. The minimum absolute atomic E-state index is 0.0434. The highest BCUT2D eigenvalue weighted by atomic mass is 16.5. The molecular formula is C16H16N2O4. The van der Waals surface area contributed by atoms with Gasteiger partial charge in [-0.2, -0.15) is 0 Å². The Morgan fingerprint density at radius 2 is 2.14 bits per heavy atom. The van der Waals surface area contributed by atoms with Gasteiger partial charge in [-0.3, -0.25) is 4.79 Å². The van der Waals surface area contributed by atoms with Crippen molar-refractivity contribution in [3.05, 3.63) is 41.6 Å². The predicted octanol–water partition coefficient (Wildman–Crippen LogP) is 1.47. The summed E-state index contributed by atoms with van der Waals surface area (Å²) in [6.07, 6.45) is -0.973. The van der Waals surface area contributed by atoms with Gasteiger partial charge in [0.2, 0.25) is 0 Å². The maximum absolute atomic E-state index is 12.6. The van der Waals surface area contributed by atoms with Gasteiger partial charge in [-0.25, -0.2) is 9.78 Å². The molecule has 0 spiro atoms. The molecule has 1 saturated heterocycles. The van der Waals surface area contributed by atoms with Gasteiger partial charge in [-0.15, -0.1) is 0 Å². The van der Waals surface area contributed by atoms with E-state index in [0.29, 0.717) is 12.2 Å². The first-order valence-corrected chi connectivity index (χ1v) is 7.06. The molecule has 6 nitrogen and oxygen atoms in total. The summed E-state index contributed by atoms with van der Waals surface area (Å²) >= 11 is 0. The molecular weight excluding hydrogens is 284 g/mol. The van der Waals surface area contributed by atoms with Crippen LogP contribution in [-0.2, 0) is 9.53 Å². The number of fused-ring (bicyclic) bond motifs is 1. The van der Waals surface area contributed by atoms with Crippen molar-refractivity contribution in [2.75, 3.05) is 19.7 Å². The Bertz CT molecular complexity index is 744. The molecule has 1 fully saturated rings. The first-order chi connectivity index (χ1) is 10.6. The molecule has 0 radical (unpaired) electrons. The highest BCUT2D eigenvalue weighted by Crippen LogP contribution is 2.19. The summed E-state index contributed by atoms with van der Waals surface area (Å²) in [7, 11) is 0. The zero-order valence-electron chi connectivity index (χ0n) is 12.2. The van der Waals surface area contributed by atoms with Crippen LogP contribution in [0.25, 0.3) is 10.9 Å². The number of hydrogen-bond acceptors (Lipinski definition) is 4. The molecule has 1 aliphatic heterocycles. The van der Waals surface area contributed by atoms with E-state index in [1.54, 1.807) is 6.07 Å². The Morgan fingerprint density at radius 1 is 1.36 bits per heavy atom. The van der Waals surface area contributed by atoms with E-state index in [1.807, 2.05) is 31.2 Å². The van der Waals surface area contributed by atoms with Crippen LogP contribution in [0.3, 0.4) is 0 Å². The van der Waals surface area contributed by atoms with Gasteiger partial charge in [0.15, 0.2) is 6.10 Å². The Labute approximate surface area is 127 Å². The summed E-state index contributed by atoms with van der Waals surface area (Å²) in [4.78, 5) is 29.5. The molecule has 2 heterocycles. The van der Waals surface area contributed by atoms with E-state index in [1.165, 1.54) is 4.90 Å². The number of carboxylic acid groups (broad SMARTS) is 1. The van der Waals surface area contributed by atoms with E-state index < -0.39 is 12.1 Å². The zero-order chi connectivity index (χ0) is 15.7. The summed E-state index contributed by atoms with van der Waals surface area (Å²) in [5, 5.41) is 10.0. The van der Waals surface area contributed by atoms with Gasteiger partial charge < -0.3 is 14.7 Å². The fourth-order valence-electron chi connectivity index (χ4n) is 2.60. The van der Waals surface area contributed by atoms with Gasteiger partial charge in [-0.1, -0.05) is 18.2 Å². The molecule has 0 unspecified atom stereocenters. The van der Waals surface area contributed by atoms with E-state index in [2.05, 4.69) is 4.98 Å². The maximum Gasteiger partial charge on any atom is 0.334 e. The summed E-state index contributed by atoms with van der Waals surface area (Å²) in [5.74, 6) is -1.32. The number of benzene rings is 1. The molecule has 2 aromatic rings. The van der Waals surface area contributed by atoms with Crippen LogP contribution in [0.2, 0.25) is 0 Å². The summed E-state index contributed by atoms with van der Waals surface area (Å²) in [5.41, 5.74) is 2.06. The van der Waals surface area contributed by atoms with E-state index in [4.69, 9.17) is 9.84 Å². The number of para-hydroxylation sites is 1. The highest BCUT2D eigenvalue weighted by Gasteiger charge is 2.30. The minimum atomic E-state index is -1.06. The summed E-state index contributed by atoms with van der Waals surface area (Å²) in [6.45, 7) is 2.56. The third-order valence-corrected chi connectivity index (χ3v) is 3.77. The highest BCUT2D eigenvalue weighted by molar-refractivity contribution is 5.96. The number of aliphatic carboxylic acids is 1. The van der Waals surface area contributed by atoms with Crippen LogP contribution in [0.15, 0.2) is 30.3 Å². The van der Waals surface area contributed by atoms with Crippen LogP contribution >= 0.6 is 0 Å². The Morgan fingerprint density at radius 3 is 2.91 bits per heavy atom. The average Bonchev–Trinajstić information content (AvgIpc) is 2.54. The average molecular weight is 300 g/mol. The van der Waals surface area contributed by atoms with Crippen LogP contribution < -0.4 is 0 Å². The van der Waals surface area contributed by atoms with Crippen LogP contribution in [0.4, 0.5) is 0 Å². The number of aryl methyl sites for hydroxylation is 1. The van der Waals surface area contributed by atoms with Crippen molar-refractivity contribution in [2.45, 2.75) is 13.0 Å². The van der Waals surface area contributed by atoms with Crippen molar-refractivity contribution >= 4 is 22.8 Å². The molecule has 0 saturated carbocycles. The molecule has 6 heteroatoms. The molecule has 1 N–H and O–H groups in total. The topological polar surface area (TPSA) is 79.7 Å². The van der Waals surface area contributed by atoms with Crippen LogP contribution in [0.5, 0.6) is 0 Å². The van der Waals surface area contributed by atoms with Gasteiger partial charge in [0.1, 0.15) is 5.69 Å². The maximum atomic E-state index is 12.6. The Kier molecular flexibility index (Phi) is 3.77. The number of carboxylic acids is 1. The molecule has 22 heavy (non-hydrogen) atoms. The second kappa shape index (κ2) is 5.73. The van der Waals surface area contributed by atoms with Gasteiger partial charge >= 0.3 is 5.97 Å². The summed E-state index contributed by atoms with van der Waals surface area (Å²) < 4.78 is 5.14. The molecule has 1 amide bonds. The number of carbonyl (C=O) groups excluding carboxylic acids is 1. The van der Waals surface area contributed by atoms with E-state index in [-0.39, 0.29) is 19.1 Å². The molecule has 1 aliphatic rings. The number of nitrogens with zero attached hydrogens (tertiary/aromatic N) is 2. The number of amides is 1. The third kappa shape index (κ3) is 2.65. The fraction of sp³-hybridized carbons (Fsp3) is 0.312. The molecule has 114 valence electrons. The number of pyridine rings is 1. The molecule has 0 bridgehead atoms. The number of ether oxygens (including phenoxy) is 1. The number of aromatic nitrogens is 1. The van der Waals surface area contributed by atoms with E-state index >= 15 is 0 Å². The van der Waals surface area contributed by atoms with Crippen molar-refractivity contribution in [1.82, 2.24) is 9.88 Å². The minimum Gasteiger partial charge on any atom is -0.479 e. The van der Waals surface area contributed by atoms with Crippen molar-refractivity contribution in [1.29, 1.82) is 0 Å². The molecule has 1 aromatic carbocycles. The van der Waals surface area contributed by atoms with E-state index in [0.717, 1.165) is 16.5 Å². The Hall–Kier alpha value is -2.47. The molecule has 0 aliphatic carbocycles. The largest absolute Gasteiger partial charge is 0.479 e.